The average Bonchev–Trinajstić information content (AvgIpc) is 3.09. The highest BCUT2D eigenvalue weighted by molar-refractivity contribution is 7.15. The number of rotatable bonds is 6. The van der Waals surface area contributed by atoms with Gasteiger partial charge in [0.2, 0.25) is 5.91 Å². The lowest BCUT2D eigenvalue weighted by atomic mass is 10.0. The third-order valence-corrected chi connectivity index (χ3v) is 5.59. The molecule has 3 rings (SSSR count). The van der Waals surface area contributed by atoms with Crippen molar-refractivity contribution in [2.45, 2.75) is 26.1 Å². The normalized spacial score (nSPS) is 19.6. The minimum atomic E-state index is -0.485. The van der Waals surface area contributed by atoms with Crippen LogP contribution in [0.2, 0.25) is 0 Å². The summed E-state index contributed by atoms with van der Waals surface area (Å²) in [5, 5.41) is 5.22. The number of amides is 1. The molecule has 1 aliphatic rings. The van der Waals surface area contributed by atoms with Gasteiger partial charge in [-0.1, -0.05) is 12.1 Å². The number of anilines is 1. The third kappa shape index (κ3) is 5.14. The molecule has 0 aliphatic carbocycles. The van der Waals surface area contributed by atoms with Gasteiger partial charge in [-0.25, -0.2) is 4.79 Å². The van der Waals surface area contributed by atoms with Crippen molar-refractivity contribution in [1.82, 2.24) is 4.90 Å². The van der Waals surface area contributed by atoms with E-state index in [1.54, 1.807) is 7.11 Å². The number of thiophene rings is 1. The molecule has 1 amide bonds. The second kappa shape index (κ2) is 9.39. The first-order chi connectivity index (χ1) is 13.9. The summed E-state index contributed by atoms with van der Waals surface area (Å²) in [5.41, 5.74) is 1.92. The molecule has 1 aliphatic heterocycles. The van der Waals surface area contributed by atoms with E-state index in [1.165, 1.54) is 18.4 Å². The second-order valence-corrected chi connectivity index (χ2v) is 7.95. The van der Waals surface area contributed by atoms with Crippen molar-refractivity contribution in [3.05, 3.63) is 35.2 Å². The number of morpholine rings is 1. The summed E-state index contributed by atoms with van der Waals surface area (Å²) >= 11 is 1.31. The molecule has 1 saturated heterocycles. The fraction of sp³-hybridized carbons (Fsp3) is 0.429. The molecule has 1 N–H and O–H groups in total. The van der Waals surface area contributed by atoms with E-state index >= 15 is 0 Å². The lowest BCUT2D eigenvalue weighted by Gasteiger charge is -2.34. The molecule has 2 atom stereocenters. The first-order valence-corrected chi connectivity index (χ1v) is 10.3. The van der Waals surface area contributed by atoms with Crippen molar-refractivity contribution >= 4 is 28.2 Å². The molecule has 0 unspecified atom stereocenters. The Morgan fingerprint density at radius 1 is 1.17 bits per heavy atom. The predicted octanol–water partition coefficient (Wildman–Crippen LogP) is 3.26. The number of hydrogen-bond donors (Lipinski definition) is 1. The van der Waals surface area contributed by atoms with Crippen molar-refractivity contribution in [3.8, 4) is 16.9 Å². The molecule has 0 radical (unpaired) electrons. The monoisotopic (exact) mass is 418 g/mol. The van der Waals surface area contributed by atoms with Crippen LogP contribution in [0.1, 0.15) is 24.2 Å². The lowest BCUT2D eigenvalue weighted by Crippen LogP contribution is -2.48. The van der Waals surface area contributed by atoms with Crippen molar-refractivity contribution in [2.24, 2.45) is 0 Å². The minimum absolute atomic E-state index is 0.0839. The zero-order valence-corrected chi connectivity index (χ0v) is 17.9. The van der Waals surface area contributed by atoms with Crippen molar-refractivity contribution in [1.29, 1.82) is 0 Å². The predicted molar refractivity (Wildman–Crippen MR) is 113 cm³/mol. The van der Waals surface area contributed by atoms with Crippen LogP contribution < -0.4 is 10.1 Å². The number of benzene rings is 1. The molecule has 0 saturated carbocycles. The number of nitrogens with zero attached hydrogens (tertiary/aromatic N) is 1. The van der Waals surface area contributed by atoms with Gasteiger partial charge in [0.15, 0.2) is 0 Å². The smallest absolute Gasteiger partial charge is 0.341 e. The van der Waals surface area contributed by atoms with Gasteiger partial charge in [-0.2, -0.15) is 0 Å². The lowest BCUT2D eigenvalue weighted by molar-refractivity contribution is -0.121. The maximum atomic E-state index is 12.6. The number of nitrogens with one attached hydrogen (secondary N) is 1. The molecule has 0 spiro atoms. The van der Waals surface area contributed by atoms with Gasteiger partial charge in [-0.15, -0.1) is 11.3 Å². The third-order valence-electron chi connectivity index (χ3n) is 4.70. The van der Waals surface area contributed by atoms with Crippen LogP contribution in [0.4, 0.5) is 5.00 Å². The number of esters is 1. The summed E-state index contributed by atoms with van der Waals surface area (Å²) in [7, 11) is 2.93. The van der Waals surface area contributed by atoms with Crippen LogP contribution in [-0.2, 0) is 14.3 Å². The number of methoxy groups -OCH3 is 2. The van der Waals surface area contributed by atoms with E-state index in [-0.39, 0.29) is 24.7 Å². The van der Waals surface area contributed by atoms with E-state index in [2.05, 4.69) is 10.2 Å². The number of ether oxygens (including phenoxy) is 3. The van der Waals surface area contributed by atoms with Crippen LogP contribution in [0.25, 0.3) is 11.1 Å². The topological polar surface area (TPSA) is 77.1 Å². The highest BCUT2D eigenvalue weighted by Gasteiger charge is 2.26. The van der Waals surface area contributed by atoms with E-state index in [4.69, 9.17) is 14.2 Å². The van der Waals surface area contributed by atoms with Gasteiger partial charge < -0.3 is 19.5 Å². The first-order valence-electron chi connectivity index (χ1n) is 9.43. The van der Waals surface area contributed by atoms with Crippen LogP contribution in [0, 0.1) is 0 Å². The molecule has 2 heterocycles. The Morgan fingerprint density at radius 2 is 1.83 bits per heavy atom. The Bertz CT molecular complexity index is 854. The number of carbonyl (C=O) groups excluding carboxylic acids is 2. The Hall–Kier alpha value is -2.42. The van der Waals surface area contributed by atoms with Gasteiger partial charge >= 0.3 is 5.97 Å². The van der Waals surface area contributed by atoms with E-state index in [0.29, 0.717) is 29.2 Å². The molecular formula is C21H26N2O5S. The molecule has 1 aromatic carbocycles. The molecule has 156 valence electrons. The molecule has 7 nitrogen and oxygen atoms in total. The van der Waals surface area contributed by atoms with E-state index in [0.717, 1.165) is 11.3 Å². The summed E-state index contributed by atoms with van der Waals surface area (Å²) in [4.78, 5) is 27.1. The van der Waals surface area contributed by atoms with E-state index in [1.807, 2.05) is 43.5 Å². The van der Waals surface area contributed by atoms with Gasteiger partial charge in [-0.05, 0) is 31.5 Å². The van der Waals surface area contributed by atoms with Crippen molar-refractivity contribution < 1.29 is 23.8 Å². The highest BCUT2D eigenvalue weighted by Crippen LogP contribution is 2.36. The summed E-state index contributed by atoms with van der Waals surface area (Å²) in [6, 6.07) is 7.39. The van der Waals surface area contributed by atoms with Gasteiger partial charge in [0, 0.05) is 24.0 Å². The number of hydrogen-bond acceptors (Lipinski definition) is 7. The molecule has 29 heavy (non-hydrogen) atoms. The molecular weight excluding hydrogens is 392 g/mol. The first kappa shape index (κ1) is 21.3. The number of carbonyl (C=O) groups is 2. The van der Waals surface area contributed by atoms with Gasteiger partial charge in [-0.3, -0.25) is 9.69 Å². The Morgan fingerprint density at radius 3 is 2.41 bits per heavy atom. The standard InChI is InChI=1S/C21H26N2O5S/c1-13-9-23(10-14(2)28-13)11-18(24)22-20-19(21(25)27-4)17(12-29-20)15-5-7-16(26-3)8-6-15/h5-8,12-14H,9-11H2,1-4H3,(H,22,24)/t13-,14-/m0/s1. The van der Waals surface area contributed by atoms with E-state index in [9.17, 15) is 9.59 Å². The van der Waals surface area contributed by atoms with Gasteiger partial charge in [0.1, 0.15) is 16.3 Å². The molecule has 1 fully saturated rings. The molecule has 1 aromatic heterocycles. The van der Waals surface area contributed by atoms with Crippen LogP contribution in [-0.4, -0.2) is 62.8 Å². The van der Waals surface area contributed by atoms with Crippen LogP contribution >= 0.6 is 11.3 Å². The average molecular weight is 419 g/mol. The largest absolute Gasteiger partial charge is 0.497 e. The fourth-order valence-electron chi connectivity index (χ4n) is 3.52. The Balaban J connectivity index is 1.79. The van der Waals surface area contributed by atoms with Gasteiger partial charge in [0.25, 0.3) is 0 Å². The Labute approximate surface area is 174 Å². The van der Waals surface area contributed by atoms with Crippen molar-refractivity contribution in [2.75, 3.05) is 39.2 Å². The second-order valence-electron chi connectivity index (χ2n) is 7.07. The fourth-order valence-corrected chi connectivity index (χ4v) is 4.49. The highest BCUT2D eigenvalue weighted by atomic mass is 32.1. The molecule has 2 aromatic rings. The SMILES string of the molecule is COC(=O)c1c(-c2ccc(OC)cc2)csc1NC(=O)CN1C[C@H](C)O[C@@H](C)C1. The summed E-state index contributed by atoms with van der Waals surface area (Å²) in [6.45, 7) is 5.63. The maximum absolute atomic E-state index is 12.6. The molecule has 0 bridgehead atoms. The maximum Gasteiger partial charge on any atom is 0.341 e. The Kier molecular flexibility index (Phi) is 6.89. The van der Waals surface area contributed by atoms with Crippen LogP contribution in [0.15, 0.2) is 29.6 Å². The van der Waals surface area contributed by atoms with E-state index < -0.39 is 5.97 Å². The van der Waals surface area contributed by atoms with Crippen molar-refractivity contribution in [3.63, 3.8) is 0 Å². The zero-order valence-electron chi connectivity index (χ0n) is 17.1. The quantitative estimate of drug-likeness (QED) is 0.726. The van der Waals surface area contributed by atoms with Gasteiger partial charge in [0.05, 0.1) is 33.0 Å². The zero-order chi connectivity index (χ0) is 21.0. The summed E-state index contributed by atoms with van der Waals surface area (Å²) in [6.07, 6.45) is 0.168. The van der Waals surface area contributed by atoms with Crippen LogP contribution in [0.5, 0.6) is 5.75 Å². The minimum Gasteiger partial charge on any atom is -0.497 e. The summed E-state index contributed by atoms with van der Waals surface area (Å²) in [5.74, 6) is 0.0756. The van der Waals surface area contributed by atoms with Crippen LogP contribution in [0.3, 0.4) is 0 Å². The summed E-state index contributed by atoms with van der Waals surface area (Å²) < 4.78 is 15.9. The molecule has 8 heteroatoms.